The van der Waals surface area contributed by atoms with Crippen LogP contribution in [-0.2, 0) is 0 Å². The molecule has 0 aliphatic heterocycles. The quantitative estimate of drug-likeness (QED) is 0.666. The van der Waals surface area contributed by atoms with Crippen molar-refractivity contribution in [2.45, 2.75) is 6.42 Å². The maximum absolute atomic E-state index is 11.3. The molecule has 0 aromatic carbocycles. The minimum atomic E-state index is -0.982. The first-order valence-corrected chi connectivity index (χ1v) is 5.83. The second-order valence-electron chi connectivity index (χ2n) is 3.93. The fraction of sp³-hybridized carbons (Fsp3) is 0.333. The number of hydrogen-bond donors (Lipinski definition) is 3. The van der Waals surface area contributed by atoms with E-state index in [2.05, 4.69) is 15.6 Å². The SMILES string of the molecule is CNCCCNc1nc2ccccn2c1C(=O)O. The monoisotopic (exact) mass is 248 g/mol. The smallest absolute Gasteiger partial charge is 0.356 e. The lowest BCUT2D eigenvalue weighted by Gasteiger charge is -2.04. The van der Waals surface area contributed by atoms with E-state index in [1.165, 1.54) is 0 Å². The highest BCUT2D eigenvalue weighted by atomic mass is 16.4. The van der Waals surface area contributed by atoms with Crippen molar-refractivity contribution in [1.82, 2.24) is 14.7 Å². The first-order chi connectivity index (χ1) is 8.74. The number of fused-ring (bicyclic) bond motifs is 1. The number of nitrogens with zero attached hydrogens (tertiary/aromatic N) is 2. The molecule has 3 N–H and O–H groups in total. The Labute approximate surface area is 105 Å². The number of carboxylic acids is 1. The predicted molar refractivity (Wildman–Crippen MR) is 69.2 cm³/mol. The zero-order chi connectivity index (χ0) is 13.0. The lowest BCUT2D eigenvalue weighted by molar-refractivity contribution is 0.0690. The molecule has 6 nitrogen and oxygen atoms in total. The summed E-state index contributed by atoms with van der Waals surface area (Å²) in [6.07, 6.45) is 2.61. The van der Waals surface area contributed by atoms with E-state index in [0.29, 0.717) is 18.0 Å². The third-order valence-electron chi connectivity index (χ3n) is 2.63. The number of aromatic carboxylic acids is 1. The lowest BCUT2D eigenvalue weighted by atomic mass is 10.4. The molecule has 0 atom stereocenters. The van der Waals surface area contributed by atoms with Crippen molar-refractivity contribution in [2.75, 3.05) is 25.5 Å². The van der Waals surface area contributed by atoms with Crippen LogP contribution in [0.2, 0.25) is 0 Å². The first kappa shape index (κ1) is 12.4. The Balaban J connectivity index is 2.25. The molecule has 18 heavy (non-hydrogen) atoms. The van der Waals surface area contributed by atoms with Gasteiger partial charge in [0, 0.05) is 12.7 Å². The van der Waals surface area contributed by atoms with Crippen LogP contribution < -0.4 is 10.6 Å². The van der Waals surface area contributed by atoms with Crippen LogP contribution in [0.1, 0.15) is 16.9 Å². The van der Waals surface area contributed by atoms with E-state index < -0.39 is 5.97 Å². The maximum atomic E-state index is 11.3. The van der Waals surface area contributed by atoms with Crippen molar-refractivity contribution < 1.29 is 9.90 Å². The van der Waals surface area contributed by atoms with Gasteiger partial charge in [0.15, 0.2) is 11.5 Å². The van der Waals surface area contributed by atoms with Gasteiger partial charge in [-0.3, -0.25) is 4.40 Å². The molecule has 6 heteroatoms. The zero-order valence-electron chi connectivity index (χ0n) is 10.2. The largest absolute Gasteiger partial charge is 0.476 e. The summed E-state index contributed by atoms with van der Waals surface area (Å²) in [4.78, 5) is 15.6. The third-order valence-corrected chi connectivity index (χ3v) is 2.63. The van der Waals surface area contributed by atoms with Gasteiger partial charge in [-0.05, 0) is 32.1 Å². The summed E-state index contributed by atoms with van der Waals surface area (Å²) in [5.74, 6) is -0.561. The van der Waals surface area contributed by atoms with E-state index >= 15 is 0 Å². The number of carboxylic acid groups (broad SMARTS) is 1. The highest BCUT2D eigenvalue weighted by Gasteiger charge is 2.17. The molecule has 96 valence electrons. The average Bonchev–Trinajstić information content (AvgIpc) is 2.73. The number of carbonyl (C=O) groups is 1. The van der Waals surface area contributed by atoms with E-state index in [4.69, 9.17) is 0 Å². The third kappa shape index (κ3) is 2.43. The van der Waals surface area contributed by atoms with E-state index in [1.807, 2.05) is 13.1 Å². The van der Waals surface area contributed by atoms with E-state index in [9.17, 15) is 9.90 Å². The predicted octanol–water partition coefficient (Wildman–Crippen LogP) is 1.05. The Morgan fingerprint density at radius 3 is 3.00 bits per heavy atom. The van der Waals surface area contributed by atoms with Crippen LogP contribution >= 0.6 is 0 Å². The summed E-state index contributed by atoms with van der Waals surface area (Å²) in [6.45, 7) is 1.56. The minimum absolute atomic E-state index is 0.176. The Bertz CT molecular complexity index is 550. The van der Waals surface area contributed by atoms with Crippen LogP contribution in [0.15, 0.2) is 24.4 Å². The average molecular weight is 248 g/mol. The molecule has 2 aromatic heterocycles. The number of nitrogens with one attached hydrogen (secondary N) is 2. The molecule has 0 radical (unpaired) electrons. The number of anilines is 1. The van der Waals surface area contributed by atoms with Gasteiger partial charge in [-0.25, -0.2) is 9.78 Å². The van der Waals surface area contributed by atoms with Crippen molar-refractivity contribution >= 4 is 17.4 Å². The van der Waals surface area contributed by atoms with Crippen LogP contribution in [0.3, 0.4) is 0 Å². The highest BCUT2D eigenvalue weighted by molar-refractivity contribution is 5.92. The summed E-state index contributed by atoms with van der Waals surface area (Å²) in [7, 11) is 1.88. The molecule has 0 aliphatic carbocycles. The number of pyridine rings is 1. The second kappa shape index (κ2) is 5.50. The van der Waals surface area contributed by atoms with Gasteiger partial charge >= 0.3 is 5.97 Å². The van der Waals surface area contributed by atoms with Gasteiger partial charge in [0.1, 0.15) is 5.65 Å². The number of hydrogen-bond acceptors (Lipinski definition) is 4. The summed E-state index contributed by atoms with van der Waals surface area (Å²) < 4.78 is 1.57. The minimum Gasteiger partial charge on any atom is -0.476 e. The summed E-state index contributed by atoms with van der Waals surface area (Å²) >= 11 is 0. The normalized spacial score (nSPS) is 10.7. The Morgan fingerprint density at radius 2 is 2.28 bits per heavy atom. The summed E-state index contributed by atoms with van der Waals surface area (Å²) in [5, 5.41) is 15.3. The van der Waals surface area contributed by atoms with Gasteiger partial charge in [-0.2, -0.15) is 0 Å². The summed E-state index contributed by atoms with van der Waals surface area (Å²) in [5.41, 5.74) is 0.807. The molecule has 2 heterocycles. The van der Waals surface area contributed by atoms with Crippen LogP contribution in [0.25, 0.3) is 5.65 Å². The van der Waals surface area contributed by atoms with Crippen molar-refractivity contribution in [3.05, 3.63) is 30.1 Å². The molecule has 2 aromatic rings. The molecular formula is C12H16N4O2. The Morgan fingerprint density at radius 1 is 1.44 bits per heavy atom. The standard InChI is InChI=1S/C12H16N4O2/c1-13-6-4-7-14-11-10(12(17)18)16-8-3-2-5-9(16)15-11/h2-3,5,8,13-14H,4,6-7H2,1H3,(H,17,18). The topological polar surface area (TPSA) is 78.7 Å². The molecule has 2 rings (SSSR count). The summed E-state index contributed by atoms with van der Waals surface area (Å²) in [6, 6.07) is 5.40. The highest BCUT2D eigenvalue weighted by Crippen LogP contribution is 2.17. The molecule has 0 bridgehead atoms. The lowest BCUT2D eigenvalue weighted by Crippen LogP contribution is -2.14. The molecule has 0 spiro atoms. The zero-order valence-corrected chi connectivity index (χ0v) is 10.2. The maximum Gasteiger partial charge on any atom is 0.356 e. The second-order valence-corrected chi connectivity index (χ2v) is 3.93. The van der Waals surface area contributed by atoms with Crippen molar-refractivity contribution in [3.8, 4) is 0 Å². The van der Waals surface area contributed by atoms with E-state index in [0.717, 1.165) is 13.0 Å². The molecular weight excluding hydrogens is 232 g/mol. The van der Waals surface area contributed by atoms with Gasteiger partial charge in [0.2, 0.25) is 0 Å². The van der Waals surface area contributed by atoms with Crippen LogP contribution in [0.5, 0.6) is 0 Å². The van der Waals surface area contributed by atoms with Crippen molar-refractivity contribution in [1.29, 1.82) is 0 Å². The molecule has 0 fully saturated rings. The van der Waals surface area contributed by atoms with Crippen molar-refractivity contribution in [2.24, 2.45) is 0 Å². The van der Waals surface area contributed by atoms with Gasteiger partial charge in [-0.1, -0.05) is 6.07 Å². The van der Waals surface area contributed by atoms with Gasteiger partial charge in [0.25, 0.3) is 0 Å². The fourth-order valence-corrected chi connectivity index (χ4v) is 1.80. The van der Waals surface area contributed by atoms with E-state index in [1.54, 1.807) is 22.7 Å². The van der Waals surface area contributed by atoms with Crippen molar-refractivity contribution in [3.63, 3.8) is 0 Å². The van der Waals surface area contributed by atoms with Crippen LogP contribution in [0.4, 0.5) is 5.82 Å². The fourth-order valence-electron chi connectivity index (χ4n) is 1.80. The van der Waals surface area contributed by atoms with Crippen LogP contribution in [0, 0.1) is 0 Å². The molecule has 0 saturated carbocycles. The Hall–Kier alpha value is -2.08. The number of imidazole rings is 1. The Kier molecular flexibility index (Phi) is 3.78. The number of aromatic nitrogens is 2. The van der Waals surface area contributed by atoms with Gasteiger partial charge in [-0.15, -0.1) is 0 Å². The molecule has 0 aliphatic rings. The van der Waals surface area contributed by atoms with Gasteiger partial charge in [0.05, 0.1) is 0 Å². The number of rotatable bonds is 6. The van der Waals surface area contributed by atoms with E-state index in [-0.39, 0.29) is 5.69 Å². The van der Waals surface area contributed by atoms with Crippen LogP contribution in [-0.4, -0.2) is 40.6 Å². The molecule has 0 amide bonds. The first-order valence-electron chi connectivity index (χ1n) is 5.83. The molecule has 0 saturated heterocycles. The molecule has 0 unspecified atom stereocenters. The van der Waals surface area contributed by atoms with Gasteiger partial charge < -0.3 is 15.7 Å².